The molecule has 16 heavy (non-hydrogen) atoms. The molecule has 1 aromatic heterocycles. The van der Waals surface area contributed by atoms with E-state index in [-0.39, 0.29) is 25.3 Å². The molecule has 0 aliphatic heterocycles. The van der Waals surface area contributed by atoms with Gasteiger partial charge in [-0.25, -0.2) is 4.98 Å². The van der Waals surface area contributed by atoms with Crippen molar-refractivity contribution in [2.75, 3.05) is 6.61 Å². The fraction of sp³-hybridized carbons (Fsp3) is 0.545. The van der Waals surface area contributed by atoms with Crippen LogP contribution in [0.3, 0.4) is 0 Å². The summed E-state index contributed by atoms with van der Waals surface area (Å²) in [5, 5.41) is 0. The van der Waals surface area contributed by atoms with Crippen LogP contribution in [0.15, 0.2) is 18.3 Å². The number of aromatic nitrogens is 1. The SMILES string of the molecule is Cc1cccnc1OCC1(C(F)(F)F)CC1. The van der Waals surface area contributed by atoms with Gasteiger partial charge in [0, 0.05) is 11.8 Å². The minimum atomic E-state index is -4.17. The van der Waals surface area contributed by atoms with Crippen molar-refractivity contribution in [3.63, 3.8) is 0 Å². The van der Waals surface area contributed by atoms with Crippen molar-refractivity contribution in [1.82, 2.24) is 4.98 Å². The van der Waals surface area contributed by atoms with E-state index in [0.29, 0.717) is 0 Å². The van der Waals surface area contributed by atoms with Crippen LogP contribution in [0.2, 0.25) is 0 Å². The first kappa shape index (κ1) is 11.2. The van der Waals surface area contributed by atoms with Gasteiger partial charge in [0.25, 0.3) is 0 Å². The predicted molar refractivity (Wildman–Crippen MR) is 52.2 cm³/mol. The largest absolute Gasteiger partial charge is 0.477 e. The van der Waals surface area contributed by atoms with Gasteiger partial charge in [0.1, 0.15) is 12.0 Å². The minimum absolute atomic E-state index is 0.155. The van der Waals surface area contributed by atoms with E-state index in [4.69, 9.17) is 4.74 Å². The van der Waals surface area contributed by atoms with Gasteiger partial charge in [-0.2, -0.15) is 13.2 Å². The Balaban J connectivity index is 2.01. The van der Waals surface area contributed by atoms with Gasteiger partial charge < -0.3 is 4.74 Å². The molecule has 1 aliphatic rings. The summed E-state index contributed by atoms with van der Waals surface area (Å²) in [6, 6.07) is 3.48. The van der Waals surface area contributed by atoms with Crippen LogP contribution >= 0.6 is 0 Å². The highest BCUT2D eigenvalue weighted by molar-refractivity contribution is 5.23. The summed E-state index contributed by atoms with van der Waals surface area (Å²) in [6.07, 6.45) is -2.35. The van der Waals surface area contributed by atoms with Crippen LogP contribution in [0.1, 0.15) is 18.4 Å². The smallest absolute Gasteiger partial charge is 0.397 e. The first-order valence-corrected chi connectivity index (χ1v) is 5.06. The second kappa shape index (κ2) is 3.64. The second-order valence-electron chi connectivity index (χ2n) is 4.19. The third-order valence-electron chi connectivity index (χ3n) is 2.90. The Morgan fingerprint density at radius 3 is 2.62 bits per heavy atom. The summed E-state index contributed by atoms with van der Waals surface area (Å²) in [7, 11) is 0. The van der Waals surface area contributed by atoms with Gasteiger partial charge in [-0.1, -0.05) is 6.07 Å². The molecule has 1 heterocycles. The molecule has 0 amide bonds. The first-order chi connectivity index (χ1) is 7.45. The number of halogens is 3. The molecule has 1 aliphatic carbocycles. The van der Waals surface area contributed by atoms with E-state index in [1.807, 2.05) is 0 Å². The zero-order valence-corrected chi connectivity index (χ0v) is 8.84. The Kier molecular flexibility index (Phi) is 2.56. The van der Waals surface area contributed by atoms with Crippen molar-refractivity contribution in [3.8, 4) is 5.88 Å². The van der Waals surface area contributed by atoms with Crippen molar-refractivity contribution in [1.29, 1.82) is 0 Å². The lowest BCUT2D eigenvalue weighted by Gasteiger charge is -2.19. The summed E-state index contributed by atoms with van der Waals surface area (Å²) in [4.78, 5) is 3.90. The van der Waals surface area contributed by atoms with Crippen LogP contribution in [-0.2, 0) is 0 Å². The van der Waals surface area contributed by atoms with Crippen LogP contribution in [0.4, 0.5) is 13.2 Å². The maximum atomic E-state index is 12.6. The van der Waals surface area contributed by atoms with Crippen molar-refractivity contribution < 1.29 is 17.9 Å². The lowest BCUT2D eigenvalue weighted by molar-refractivity contribution is -0.194. The molecule has 0 spiro atoms. The number of nitrogens with zero attached hydrogens (tertiary/aromatic N) is 1. The summed E-state index contributed by atoms with van der Waals surface area (Å²) in [6.45, 7) is 1.43. The summed E-state index contributed by atoms with van der Waals surface area (Å²) in [5.74, 6) is 0.290. The van der Waals surface area contributed by atoms with E-state index in [1.54, 1.807) is 19.1 Å². The van der Waals surface area contributed by atoms with Gasteiger partial charge >= 0.3 is 6.18 Å². The van der Waals surface area contributed by atoms with E-state index >= 15 is 0 Å². The maximum Gasteiger partial charge on any atom is 0.397 e. The molecule has 1 fully saturated rings. The predicted octanol–water partition coefficient (Wildman–Crippen LogP) is 3.11. The van der Waals surface area contributed by atoms with Crippen LogP contribution in [0.5, 0.6) is 5.88 Å². The number of hydrogen-bond acceptors (Lipinski definition) is 2. The fourth-order valence-corrected chi connectivity index (χ4v) is 1.49. The molecule has 0 saturated heterocycles. The van der Waals surface area contributed by atoms with Gasteiger partial charge in [-0.05, 0) is 25.8 Å². The highest BCUT2D eigenvalue weighted by Crippen LogP contribution is 2.57. The molecule has 0 unspecified atom stereocenters. The molecule has 2 rings (SSSR count). The molecule has 0 atom stereocenters. The third-order valence-corrected chi connectivity index (χ3v) is 2.90. The lowest BCUT2D eigenvalue weighted by Crippen LogP contribution is -2.30. The number of alkyl halides is 3. The van der Waals surface area contributed by atoms with Gasteiger partial charge in [-0.3, -0.25) is 0 Å². The number of rotatable bonds is 3. The number of hydrogen-bond donors (Lipinski definition) is 0. The standard InChI is InChI=1S/C11H12F3NO/c1-8-3-2-6-15-9(8)16-7-10(4-5-10)11(12,13)14/h2-3,6H,4-5,7H2,1H3. The van der Waals surface area contributed by atoms with Crippen molar-refractivity contribution in [2.45, 2.75) is 25.9 Å². The molecule has 0 bridgehead atoms. The first-order valence-electron chi connectivity index (χ1n) is 5.06. The third kappa shape index (κ3) is 1.99. The van der Waals surface area contributed by atoms with E-state index in [0.717, 1.165) is 5.56 Å². The monoisotopic (exact) mass is 231 g/mol. The molecular weight excluding hydrogens is 219 g/mol. The van der Waals surface area contributed by atoms with Crippen molar-refractivity contribution >= 4 is 0 Å². The summed E-state index contributed by atoms with van der Waals surface area (Å²) in [5.41, 5.74) is -0.878. The molecule has 5 heteroatoms. The zero-order valence-electron chi connectivity index (χ0n) is 8.84. The molecule has 1 saturated carbocycles. The van der Waals surface area contributed by atoms with Crippen molar-refractivity contribution in [3.05, 3.63) is 23.9 Å². The Hall–Kier alpha value is -1.26. The fourth-order valence-electron chi connectivity index (χ4n) is 1.49. The molecule has 0 aromatic carbocycles. The van der Waals surface area contributed by atoms with Crippen LogP contribution in [-0.4, -0.2) is 17.8 Å². The molecular formula is C11H12F3NO. The number of aryl methyl sites for hydroxylation is 1. The minimum Gasteiger partial charge on any atom is -0.477 e. The lowest BCUT2D eigenvalue weighted by atomic mass is 10.1. The second-order valence-corrected chi connectivity index (χ2v) is 4.19. The van der Waals surface area contributed by atoms with E-state index in [1.165, 1.54) is 6.20 Å². The maximum absolute atomic E-state index is 12.6. The quantitative estimate of drug-likeness (QED) is 0.797. The van der Waals surface area contributed by atoms with Gasteiger partial charge in [-0.15, -0.1) is 0 Å². The van der Waals surface area contributed by atoms with E-state index < -0.39 is 11.6 Å². The zero-order chi connectivity index (χ0) is 11.8. The highest BCUT2D eigenvalue weighted by atomic mass is 19.4. The summed E-state index contributed by atoms with van der Waals surface area (Å²) >= 11 is 0. The van der Waals surface area contributed by atoms with E-state index in [2.05, 4.69) is 4.98 Å². The molecule has 88 valence electrons. The van der Waals surface area contributed by atoms with Crippen LogP contribution in [0, 0.1) is 12.3 Å². The van der Waals surface area contributed by atoms with Crippen LogP contribution in [0.25, 0.3) is 0 Å². The normalized spacial score (nSPS) is 18.2. The Bertz CT molecular complexity index is 385. The highest BCUT2D eigenvalue weighted by Gasteiger charge is 2.63. The van der Waals surface area contributed by atoms with Crippen LogP contribution < -0.4 is 4.74 Å². The number of pyridine rings is 1. The van der Waals surface area contributed by atoms with Gasteiger partial charge in [0.15, 0.2) is 0 Å². The molecule has 1 aromatic rings. The Labute approximate surface area is 91.4 Å². The van der Waals surface area contributed by atoms with Gasteiger partial charge in [0.05, 0.1) is 0 Å². The molecule has 0 N–H and O–H groups in total. The average Bonchev–Trinajstić information content (AvgIpc) is 2.96. The van der Waals surface area contributed by atoms with E-state index in [9.17, 15) is 13.2 Å². The Morgan fingerprint density at radius 2 is 2.12 bits per heavy atom. The Morgan fingerprint density at radius 1 is 1.44 bits per heavy atom. The average molecular weight is 231 g/mol. The number of ether oxygens (including phenoxy) is 1. The molecule has 2 nitrogen and oxygen atoms in total. The summed E-state index contributed by atoms with van der Waals surface area (Å²) < 4.78 is 43.0. The van der Waals surface area contributed by atoms with Crippen molar-refractivity contribution in [2.24, 2.45) is 5.41 Å². The molecule has 0 radical (unpaired) electrons. The van der Waals surface area contributed by atoms with Gasteiger partial charge in [0.2, 0.25) is 5.88 Å². The topological polar surface area (TPSA) is 22.1 Å².